The second kappa shape index (κ2) is 12.8. The molecule has 0 unspecified atom stereocenters. The molecule has 8 nitrogen and oxygen atoms in total. The monoisotopic (exact) mass is 565 g/mol. The van der Waals surface area contributed by atoms with Gasteiger partial charge in [0.05, 0.1) is 11.3 Å². The quantitative estimate of drug-likeness (QED) is 0.313. The van der Waals surface area contributed by atoms with Crippen molar-refractivity contribution in [2.45, 2.75) is 39.3 Å². The van der Waals surface area contributed by atoms with E-state index in [1.807, 2.05) is 36.9 Å². The lowest BCUT2D eigenvalue weighted by Gasteiger charge is -2.32. The Hall–Kier alpha value is -4.54. The number of pyridine rings is 2. The zero-order chi connectivity index (χ0) is 29.6. The fourth-order valence-electron chi connectivity index (χ4n) is 4.59. The van der Waals surface area contributed by atoms with Crippen LogP contribution < -0.4 is 0 Å². The largest absolute Gasteiger partial charge is 0.490 e. The predicted octanol–water partition coefficient (Wildman–Crippen LogP) is 5.88. The Morgan fingerprint density at radius 2 is 1.71 bits per heavy atom. The van der Waals surface area contributed by atoms with Crippen LogP contribution >= 0.6 is 0 Å². The Morgan fingerprint density at radius 3 is 2.32 bits per heavy atom. The number of rotatable bonds is 5. The van der Waals surface area contributed by atoms with Gasteiger partial charge in [0.15, 0.2) is 5.82 Å². The van der Waals surface area contributed by atoms with E-state index in [0.717, 1.165) is 66.4 Å². The summed E-state index contributed by atoms with van der Waals surface area (Å²) >= 11 is 0. The molecule has 4 heterocycles. The van der Waals surface area contributed by atoms with E-state index >= 15 is 0 Å². The van der Waals surface area contributed by atoms with Crippen LogP contribution in [0.2, 0.25) is 0 Å². The van der Waals surface area contributed by atoms with E-state index in [2.05, 4.69) is 50.3 Å². The van der Waals surface area contributed by atoms with E-state index in [1.54, 1.807) is 18.6 Å². The second-order valence-electron chi connectivity index (χ2n) is 9.92. The average Bonchev–Trinajstić information content (AvgIpc) is 3.31. The second-order valence-corrected chi connectivity index (χ2v) is 9.92. The van der Waals surface area contributed by atoms with Gasteiger partial charge < -0.3 is 15.0 Å². The van der Waals surface area contributed by atoms with Crippen LogP contribution in [0.4, 0.5) is 13.2 Å². The average molecular weight is 566 g/mol. The minimum absolute atomic E-state index is 0.0547. The molecule has 2 N–H and O–H groups in total. The summed E-state index contributed by atoms with van der Waals surface area (Å²) in [5.74, 6) is -1.33. The lowest BCUT2D eigenvalue weighted by atomic mass is 9.90. The van der Waals surface area contributed by atoms with Crippen molar-refractivity contribution in [2.24, 2.45) is 5.92 Å². The summed E-state index contributed by atoms with van der Waals surface area (Å²) in [4.78, 5) is 40.8. The predicted molar refractivity (Wildman–Crippen MR) is 147 cm³/mol. The van der Waals surface area contributed by atoms with E-state index in [0.29, 0.717) is 11.5 Å². The number of amides is 1. The first-order valence-corrected chi connectivity index (χ1v) is 13.1. The topological polar surface area (TPSA) is 112 Å². The number of benzene rings is 1. The molecule has 41 heavy (non-hydrogen) atoms. The Kier molecular flexibility index (Phi) is 9.16. The van der Waals surface area contributed by atoms with Crippen LogP contribution in [-0.2, 0) is 11.2 Å². The lowest BCUT2D eigenvalue weighted by molar-refractivity contribution is -0.192. The Morgan fingerprint density at radius 1 is 1.02 bits per heavy atom. The van der Waals surface area contributed by atoms with Crippen LogP contribution in [-0.4, -0.2) is 61.1 Å². The number of imidazole rings is 1. The molecule has 3 aromatic heterocycles. The summed E-state index contributed by atoms with van der Waals surface area (Å²) < 4.78 is 31.7. The van der Waals surface area contributed by atoms with E-state index in [4.69, 9.17) is 9.90 Å². The van der Waals surface area contributed by atoms with Crippen LogP contribution in [0.1, 0.15) is 40.2 Å². The van der Waals surface area contributed by atoms with Crippen molar-refractivity contribution in [2.75, 3.05) is 13.1 Å². The number of piperidine rings is 1. The van der Waals surface area contributed by atoms with Gasteiger partial charge in [0, 0.05) is 42.9 Å². The van der Waals surface area contributed by atoms with Gasteiger partial charge in [0.25, 0.3) is 5.91 Å². The Labute approximate surface area is 235 Å². The minimum Gasteiger partial charge on any atom is -0.475 e. The molecule has 1 aliphatic heterocycles. The number of aromatic amines is 1. The number of alkyl halides is 3. The number of nitrogens with one attached hydrogen (secondary N) is 1. The van der Waals surface area contributed by atoms with Crippen molar-refractivity contribution < 1.29 is 27.9 Å². The van der Waals surface area contributed by atoms with Crippen LogP contribution in [0.15, 0.2) is 67.1 Å². The number of carboxylic acids is 1. The Bertz CT molecular complexity index is 1480. The van der Waals surface area contributed by atoms with E-state index < -0.39 is 12.1 Å². The normalized spacial score (nSPS) is 13.8. The number of hydrogen-bond acceptors (Lipinski definition) is 5. The fraction of sp³-hybridized carbons (Fsp3) is 0.300. The van der Waals surface area contributed by atoms with Crippen molar-refractivity contribution in [1.82, 2.24) is 24.8 Å². The number of H-pyrrole nitrogens is 1. The van der Waals surface area contributed by atoms with E-state index in [-0.39, 0.29) is 5.91 Å². The molecule has 5 rings (SSSR count). The Balaban J connectivity index is 0.000000493. The highest BCUT2D eigenvalue weighted by molar-refractivity contribution is 5.95. The van der Waals surface area contributed by atoms with Gasteiger partial charge in [0.2, 0.25) is 0 Å². The number of aliphatic carboxylic acids is 1. The molecule has 11 heteroatoms. The number of halogens is 3. The first-order valence-electron chi connectivity index (χ1n) is 13.1. The number of likely N-dealkylation sites (tertiary alicyclic amines) is 1. The molecule has 1 amide bonds. The molecular formula is C30H30F3N5O3. The molecule has 0 spiro atoms. The first-order chi connectivity index (χ1) is 19.5. The molecule has 214 valence electrons. The van der Waals surface area contributed by atoms with Crippen LogP contribution in [0, 0.1) is 19.8 Å². The zero-order valence-corrected chi connectivity index (χ0v) is 22.7. The summed E-state index contributed by atoms with van der Waals surface area (Å²) in [7, 11) is 0. The summed E-state index contributed by atoms with van der Waals surface area (Å²) in [6.45, 7) is 5.55. The molecule has 0 aliphatic carbocycles. The highest BCUT2D eigenvalue weighted by atomic mass is 19.4. The van der Waals surface area contributed by atoms with Gasteiger partial charge in [-0.15, -0.1) is 0 Å². The van der Waals surface area contributed by atoms with Crippen LogP contribution in [0.25, 0.3) is 22.6 Å². The summed E-state index contributed by atoms with van der Waals surface area (Å²) in [6.07, 6.45) is 3.29. The van der Waals surface area contributed by atoms with Gasteiger partial charge in [-0.2, -0.15) is 13.2 Å². The number of carbonyl (C=O) groups excluding carboxylic acids is 1. The number of aryl methyl sites for hydroxylation is 2. The summed E-state index contributed by atoms with van der Waals surface area (Å²) in [6, 6.07) is 16.5. The molecule has 0 atom stereocenters. The highest BCUT2D eigenvalue weighted by Gasteiger charge is 2.38. The van der Waals surface area contributed by atoms with Gasteiger partial charge in [-0.1, -0.05) is 30.3 Å². The van der Waals surface area contributed by atoms with Crippen molar-refractivity contribution in [3.63, 3.8) is 0 Å². The number of carbonyl (C=O) groups is 2. The molecule has 1 aromatic carbocycles. The van der Waals surface area contributed by atoms with Gasteiger partial charge in [0.1, 0.15) is 5.69 Å². The number of nitrogens with zero attached hydrogens (tertiary/aromatic N) is 4. The fourth-order valence-corrected chi connectivity index (χ4v) is 4.59. The standard InChI is InChI=1S/C28H29N5O.C2HF3O2/c1-19-20(2)32-27(31-19)26-16-23(8-11-30-26)24-15-25(18-29-17-24)28(34)33-12-9-22(10-13-33)14-21-6-4-3-5-7-21;3-2(4,5)1(6)7/h3-8,11,15-18,22H,9-10,12-14H2,1-2H3,(H,31,32);(H,6,7). The van der Waals surface area contributed by atoms with Gasteiger partial charge >= 0.3 is 12.1 Å². The third kappa shape index (κ3) is 7.77. The first kappa shape index (κ1) is 29.4. The third-order valence-corrected chi connectivity index (χ3v) is 6.96. The van der Waals surface area contributed by atoms with Gasteiger partial charge in [-0.05, 0) is 68.4 Å². The van der Waals surface area contributed by atoms with Gasteiger partial charge in [-0.25, -0.2) is 9.78 Å². The molecular weight excluding hydrogens is 535 g/mol. The summed E-state index contributed by atoms with van der Waals surface area (Å²) in [5.41, 5.74) is 6.62. The third-order valence-electron chi connectivity index (χ3n) is 6.96. The smallest absolute Gasteiger partial charge is 0.475 e. The summed E-state index contributed by atoms with van der Waals surface area (Å²) in [5, 5.41) is 7.12. The number of carboxylic acid groups (broad SMARTS) is 1. The van der Waals surface area contributed by atoms with E-state index in [1.165, 1.54) is 5.56 Å². The molecule has 1 saturated heterocycles. The maximum absolute atomic E-state index is 13.2. The SMILES string of the molecule is Cc1nc(-c2cc(-c3cncc(C(=O)N4CCC(Cc5ccccc5)CC4)c3)ccn2)[nH]c1C.O=C(O)C(F)(F)F. The van der Waals surface area contributed by atoms with Crippen molar-refractivity contribution >= 4 is 11.9 Å². The van der Waals surface area contributed by atoms with Crippen LogP contribution in [0.5, 0.6) is 0 Å². The lowest BCUT2D eigenvalue weighted by Crippen LogP contribution is -2.39. The number of aromatic nitrogens is 4. The molecule has 0 saturated carbocycles. The maximum Gasteiger partial charge on any atom is 0.490 e. The number of hydrogen-bond donors (Lipinski definition) is 2. The van der Waals surface area contributed by atoms with Crippen LogP contribution in [0.3, 0.4) is 0 Å². The van der Waals surface area contributed by atoms with Crippen molar-refractivity contribution in [3.05, 3.63) is 89.6 Å². The van der Waals surface area contributed by atoms with Gasteiger partial charge in [-0.3, -0.25) is 14.8 Å². The molecule has 0 bridgehead atoms. The highest BCUT2D eigenvalue weighted by Crippen LogP contribution is 2.26. The molecule has 1 fully saturated rings. The van der Waals surface area contributed by atoms with Crippen molar-refractivity contribution in [3.8, 4) is 22.6 Å². The minimum atomic E-state index is -5.08. The maximum atomic E-state index is 13.2. The molecule has 1 aliphatic rings. The van der Waals surface area contributed by atoms with Crippen molar-refractivity contribution in [1.29, 1.82) is 0 Å². The molecule has 0 radical (unpaired) electrons. The zero-order valence-electron chi connectivity index (χ0n) is 22.7. The molecule has 4 aromatic rings. The van der Waals surface area contributed by atoms with E-state index in [9.17, 15) is 18.0 Å².